The van der Waals surface area contributed by atoms with E-state index in [0.29, 0.717) is 31.5 Å². The first-order valence-corrected chi connectivity index (χ1v) is 13.1. The molecule has 0 aliphatic carbocycles. The highest BCUT2D eigenvalue weighted by Gasteiger charge is 2.27. The van der Waals surface area contributed by atoms with Crippen LogP contribution in [0.1, 0.15) is 28.7 Å². The van der Waals surface area contributed by atoms with Crippen molar-refractivity contribution in [3.63, 3.8) is 0 Å². The average molecular weight is 492 g/mol. The molecule has 0 saturated heterocycles. The standard InChI is InChI=1S/C27H29N3O4S/c1-19-7-9-20(10-8-19)15-16-28-27(32)25(17-21-5-3-2-4-6-21)30-35(33,34)23-12-13-24-22(18-23)11-14-26(31)29-24/h2-10,12-13,18,25,30H,11,14-17H2,1H3,(H,28,32)(H,29,31)/t25-/m1/s1. The lowest BCUT2D eigenvalue weighted by Crippen LogP contribution is -2.48. The van der Waals surface area contributed by atoms with Gasteiger partial charge >= 0.3 is 0 Å². The smallest absolute Gasteiger partial charge is 0.241 e. The van der Waals surface area contributed by atoms with Crippen LogP contribution in [0.25, 0.3) is 0 Å². The molecule has 1 atom stereocenters. The Kier molecular flexibility index (Phi) is 7.63. The first-order chi connectivity index (χ1) is 16.8. The summed E-state index contributed by atoms with van der Waals surface area (Å²) in [6, 6.07) is 21.0. The van der Waals surface area contributed by atoms with Crippen LogP contribution in [0.4, 0.5) is 5.69 Å². The molecule has 182 valence electrons. The zero-order valence-corrected chi connectivity index (χ0v) is 20.4. The van der Waals surface area contributed by atoms with Crippen LogP contribution in [-0.4, -0.2) is 32.8 Å². The van der Waals surface area contributed by atoms with Gasteiger partial charge in [0.2, 0.25) is 21.8 Å². The van der Waals surface area contributed by atoms with Crippen LogP contribution in [0, 0.1) is 6.92 Å². The van der Waals surface area contributed by atoms with Gasteiger partial charge in [-0.1, -0.05) is 60.2 Å². The van der Waals surface area contributed by atoms with Gasteiger partial charge in [-0.25, -0.2) is 8.42 Å². The van der Waals surface area contributed by atoms with E-state index in [2.05, 4.69) is 15.4 Å². The monoisotopic (exact) mass is 491 g/mol. The predicted octanol–water partition coefficient (Wildman–Crippen LogP) is 3.13. The Hall–Kier alpha value is -3.49. The van der Waals surface area contributed by atoms with Gasteiger partial charge in [-0.2, -0.15) is 4.72 Å². The molecule has 3 aromatic rings. The van der Waals surface area contributed by atoms with Gasteiger partial charge < -0.3 is 10.6 Å². The van der Waals surface area contributed by atoms with E-state index in [1.54, 1.807) is 12.1 Å². The molecule has 3 N–H and O–H groups in total. The number of nitrogens with one attached hydrogen (secondary N) is 3. The van der Waals surface area contributed by atoms with Gasteiger partial charge in [0.05, 0.1) is 4.90 Å². The maximum Gasteiger partial charge on any atom is 0.241 e. The number of hydrogen-bond donors (Lipinski definition) is 3. The molecular formula is C27H29N3O4S. The fourth-order valence-electron chi connectivity index (χ4n) is 4.03. The van der Waals surface area contributed by atoms with Crippen molar-refractivity contribution >= 4 is 27.5 Å². The van der Waals surface area contributed by atoms with Gasteiger partial charge in [-0.3, -0.25) is 9.59 Å². The van der Waals surface area contributed by atoms with Crippen LogP contribution < -0.4 is 15.4 Å². The van der Waals surface area contributed by atoms with E-state index >= 15 is 0 Å². The SMILES string of the molecule is Cc1ccc(CCNC(=O)[C@@H](Cc2ccccc2)NS(=O)(=O)c2ccc3c(c2)CCC(=O)N3)cc1. The Morgan fingerprint density at radius 3 is 2.46 bits per heavy atom. The third-order valence-corrected chi connectivity index (χ3v) is 7.48. The van der Waals surface area contributed by atoms with Crippen molar-refractivity contribution in [3.8, 4) is 0 Å². The van der Waals surface area contributed by atoms with Crippen molar-refractivity contribution in [2.45, 2.75) is 43.5 Å². The number of sulfonamides is 1. The molecular weight excluding hydrogens is 462 g/mol. The second-order valence-electron chi connectivity index (χ2n) is 8.76. The Bertz CT molecular complexity index is 1310. The molecule has 0 fully saturated rings. The molecule has 7 nitrogen and oxygen atoms in total. The molecule has 0 unspecified atom stereocenters. The molecule has 0 spiro atoms. The Balaban J connectivity index is 1.49. The zero-order chi connectivity index (χ0) is 24.8. The quantitative estimate of drug-likeness (QED) is 0.428. The fraction of sp³-hybridized carbons (Fsp3) is 0.259. The third-order valence-electron chi connectivity index (χ3n) is 6.01. The minimum atomic E-state index is -3.98. The second-order valence-corrected chi connectivity index (χ2v) is 10.5. The molecule has 0 radical (unpaired) electrons. The van der Waals surface area contributed by atoms with Crippen molar-refractivity contribution in [2.75, 3.05) is 11.9 Å². The fourth-order valence-corrected chi connectivity index (χ4v) is 5.27. The van der Waals surface area contributed by atoms with Gasteiger partial charge in [0.1, 0.15) is 6.04 Å². The summed E-state index contributed by atoms with van der Waals surface area (Å²) >= 11 is 0. The number of rotatable bonds is 9. The lowest BCUT2D eigenvalue weighted by molar-refractivity contribution is -0.122. The second kappa shape index (κ2) is 10.8. The van der Waals surface area contributed by atoms with Crippen LogP contribution >= 0.6 is 0 Å². The highest BCUT2D eigenvalue weighted by atomic mass is 32.2. The van der Waals surface area contributed by atoms with E-state index in [4.69, 9.17) is 0 Å². The summed E-state index contributed by atoms with van der Waals surface area (Å²) in [6.07, 6.45) is 1.65. The average Bonchev–Trinajstić information content (AvgIpc) is 2.85. The molecule has 4 rings (SSSR count). The summed E-state index contributed by atoms with van der Waals surface area (Å²) in [6.45, 7) is 2.41. The van der Waals surface area contributed by atoms with E-state index in [1.165, 1.54) is 11.6 Å². The number of benzene rings is 3. The van der Waals surface area contributed by atoms with Crippen molar-refractivity contribution in [2.24, 2.45) is 0 Å². The summed E-state index contributed by atoms with van der Waals surface area (Å²) in [5, 5.41) is 5.63. The van der Waals surface area contributed by atoms with Gasteiger partial charge in [0.25, 0.3) is 0 Å². The van der Waals surface area contributed by atoms with E-state index < -0.39 is 16.1 Å². The Morgan fingerprint density at radius 1 is 0.971 bits per heavy atom. The Labute approximate surface area is 206 Å². The van der Waals surface area contributed by atoms with E-state index in [-0.39, 0.29) is 23.1 Å². The third kappa shape index (κ3) is 6.55. The van der Waals surface area contributed by atoms with E-state index in [0.717, 1.165) is 16.7 Å². The first kappa shape index (κ1) is 24.6. The van der Waals surface area contributed by atoms with Crippen molar-refractivity contribution < 1.29 is 18.0 Å². The van der Waals surface area contributed by atoms with Gasteiger partial charge in [0, 0.05) is 18.7 Å². The number of hydrogen-bond acceptors (Lipinski definition) is 4. The summed E-state index contributed by atoms with van der Waals surface area (Å²) in [4.78, 5) is 24.8. The number of aryl methyl sites for hydroxylation is 2. The molecule has 2 amide bonds. The van der Waals surface area contributed by atoms with Gasteiger partial charge in [-0.15, -0.1) is 0 Å². The predicted molar refractivity (Wildman–Crippen MR) is 136 cm³/mol. The number of carbonyl (C=O) groups excluding carboxylic acids is 2. The van der Waals surface area contributed by atoms with Crippen LogP contribution in [0.2, 0.25) is 0 Å². The maximum absolute atomic E-state index is 13.2. The molecule has 0 bridgehead atoms. The van der Waals surface area contributed by atoms with Crippen molar-refractivity contribution in [3.05, 3.63) is 95.1 Å². The number of amides is 2. The lowest BCUT2D eigenvalue weighted by Gasteiger charge is -2.21. The minimum Gasteiger partial charge on any atom is -0.354 e. The molecule has 1 aliphatic heterocycles. The van der Waals surface area contributed by atoms with Crippen LogP contribution in [-0.2, 0) is 38.9 Å². The lowest BCUT2D eigenvalue weighted by atomic mass is 10.0. The van der Waals surface area contributed by atoms with Crippen LogP contribution in [0.15, 0.2) is 77.7 Å². The topological polar surface area (TPSA) is 104 Å². The molecule has 8 heteroatoms. The van der Waals surface area contributed by atoms with Crippen LogP contribution in [0.3, 0.4) is 0 Å². The number of carbonyl (C=O) groups is 2. The minimum absolute atomic E-state index is 0.0675. The molecule has 1 heterocycles. The normalized spacial score (nSPS) is 14.0. The highest BCUT2D eigenvalue weighted by Crippen LogP contribution is 2.25. The van der Waals surface area contributed by atoms with E-state index in [9.17, 15) is 18.0 Å². The molecule has 1 aliphatic rings. The van der Waals surface area contributed by atoms with E-state index in [1.807, 2.05) is 61.5 Å². The molecule has 0 aromatic heterocycles. The largest absolute Gasteiger partial charge is 0.354 e. The Morgan fingerprint density at radius 2 is 1.71 bits per heavy atom. The highest BCUT2D eigenvalue weighted by molar-refractivity contribution is 7.89. The first-order valence-electron chi connectivity index (χ1n) is 11.6. The maximum atomic E-state index is 13.2. The number of fused-ring (bicyclic) bond motifs is 1. The summed E-state index contributed by atoms with van der Waals surface area (Å²) in [7, 11) is -3.98. The summed E-state index contributed by atoms with van der Waals surface area (Å²) in [5.41, 5.74) is 4.49. The summed E-state index contributed by atoms with van der Waals surface area (Å²) < 4.78 is 29.1. The van der Waals surface area contributed by atoms with Crippen molar-refractivity contribution in [1.29, 1.82) is 0 Å². The van der Waals surface area contributed by atoms with Gasteiger partial charge in [-0.05, 0) is 61.1 Å². The molecule has 0 saturated carbocycles. The van der Waals surface area contributed by atoms with Crippen molar-refractivity contribution in [1.82, 2.24) is 10.0 Å². The number of anilines is 1. The summed E-state index contributed by atoms with van der Waals surface area (Å²) in [5.74, 6) is -0.466. The van der Waals surface area contributed by atoms with Gasteiger partial charge in [0.15, 0.2) is 0 Å². The zero-order valence-electron chi connectivity index (χ0n) is 19.6. The molecule has 35 heavy (non-hydrogen) atoms. The molecule has 3 aromatic carbocycles. The van der Waals surface area contributed by atoms with Crippen LogP contribution in [0.5, 0.6) is 0 Å².